The molecule has 1 aliphatic rings. The molecule has 1 N–H and O–H groups in total. The summed E-state index contributed by atoms with van der Waals surface area (Å²) in [5.74, 6) is 0.140. The van der Waals surface area contributed by atoms with E-state index in [1.807, 2.05) is 6.07 Å². The highest BCUT2D eigenvalue weighted by atomic mass is 16.1. The SMILES string of the molecule is CC(C#N)C(=O)NCCC1CCCCC1. The Balaban J connectivity index is 2.10. The number of nitriles is 1. The van der Waals surface area contributed by atoms with Crippen LogP contribution in [0.2, 0.25) is 0 Å². The first kappa shape index (κ1) is 12.0. The van der Waals surface area contributed by atoms with Gasteiger partial charge >= 0.3 is 0 Å². The van der Waals surface area contributed by atoms with E-state index in [-0.39, 0.29) is 5.91 Å². The van der Waals surface area contributed by atoms with Crippen LogP contribution in [0.5, 0.6) is 0 Å². The summed E-state index contributed by atoms with van der Waals surface area (Å²) in [4.78, 5) is 11.3. The second-order valence-electron chi connectivity index (χ2n) is 4.43. The smallest absolute Gasteiger partial charge is 0.237 e. The molecule has 0 aromatic carbocycles. The zero-order valence-electron chi connectivity index (χ0n) is 9.46. The Morgan fingerprint density at radius 1 is 1.47 bits per heavy atom. The molecule has 1 fully saturated rings. The Morgan fingerprint density at radius 2 is 2.13 bits per heavy atom. The summed E-state index contributed by atoms with van der Waals surface area (Å²) >= 11 is 0. The minimum absolute atomic E-state index is 0.131. The molecule has 1 atom stereocenters. The van der Waals surface area contributed by atoms with Gasteiger partial charge in [0.05, 0.1) is 6.07 Å². The standard InChI is InChI=1S/C12H20N2O/c1-10(9-13)12(15)14-8-7-11-5-3-2-4-6-11/h10-11H,2-8H2,1H3,(H,14,15). The lowest BCUT2D eigenvalue weighted by Gasteiger charge is -2.21. The Bertz CT molecular complexity index is 238. The Morgan fingerprint density at radius 3 is 2.73 bits per heavy atom. The van der Waals surface area contributed by atoms with Crippen LogP contribution in [0.25, 0.3) is 0 Å². The molecule has 1 rings (SSSR count). The first-order valence-electron chi connectivity index (χ1n) is 5.91. The molecule has 0 aromatic heterocycles. The summed E-state index contributed by atoms with van der Waals surface area (Å²) in [5, 5.41) is 11.4. The second kappa shape index (κ2) is 6.44. The number of carbonyl (C=O) groups is 1. The average molecular weight is 208 g/mol. The maximum atomic E-state index is 11.3. The number of rotatable bonds is 4. The molecular formula is C12H20N2O. The van der Waals surface area contributed by atoms with E-state index in [9.17, 15) is 4.79 Å². The van der Waals surface area contributed by atoms with Crippen LogP contribution in [0.15, 0.2) is 0 Å². The van der Waals surface area contributed by atoms with Gasteiger partial charge in [-0.2, -0.15) is 5.26 Å². The molecule has 0 spiro atoms. The first-order chi connectivity index (χ1) is 7.24. The van der Waals surface area contributed by atoms with Crippen molar-refractivity contribution >= 4 is 5.91 Å². The summed E-state index contributed by atoms with van der Waals surface area (Å²) in [7, 11) is 0. The van der Waals surface area contributed by atoms with Crippen LogP contribution in [0, 0.1) is 23.2 Å². The van der Waals surface area contributed by atoms with E-state index in [1.165, 1.54) is 32.1 Å². The Kier molecular flexibility index (Phi) is 5.17. The number of hydrogen-bond acceptors (Lipinski definition) is 2. The zero-order valence-corrected chi connectivity index (χ0v) is 9.46. The van der Waals surface area contributed by atoms with Crippen molar-refractivity contribution < 1.29 is 4.79 Å². The van der Waals surface area contributed by atoms with Gasteiger partial charge < -0.3 is 5.32 Å². The lowest BCUT2D eigenvalue weighted by molar-refractivity contribution is -0.122. The van der Waals surface area contributed by atoms with Crippen LogP contribution in [-0.2, 0) is 4.79 Å². The third-order valence-electron chi connectivity index (χ3n) is 3.16. The van der Waals surface area contributed by atoms with Gasteiger partial charge in [0.25, 0.3) is 0 Å². The number of hydrogen-bond donors (Lipinski definition) is 1. The molecule has 0 radical (unpaired) electrons. The van der Waals surface area contributed by atoms with Gasteiger partial charge in [0, 0.05) is 6.54 Å². The molecule has 1 saturated carbocycles. The number of nitrogens with zero attached hydrogens (tertiary/aromatic N) is 1. The van der Waals surface area contributed by atoms with E-state index in [0.717, 1.165) is 18.9 Å². The molecule has 0 aliphatic heterocycles. The maximum Gasteiger partial charge on any atom is 0.237 e. The van der Waals surface area contributed by atoms with Crippen molar-refractivity contribution in [2.45, 2.75) is 45.4 Å². The Hall–Kier alpha value is -1.04. The highest BCUT2D eigenvalue weighted by molar-refractivity contribution is 5.80. The first-order valence-corrected chi connectivity index (χ1v) is 5.91. The van der Waals surface area contributed by atoms with Crippen molar-refractivity contribution in [2.24, 2.45) is 11.8 Å². The molecule has 1 amide bonds. The molecule has 3 heteroatoms. The lowest BCUT2D eigenvalue weighted by Crippen LogP contribution is -2.30. The van der Waals surface area contributed by atoms with Gasteiger partial charge in [-0.25, -0.2) is 0 Å². The van der Waals surface area contributed by atoms with Crippen LogP contribution in [0.3, 0.4) is 0 Å². The fourth-order valence-corrected chi connectivity index (χ4v) is 2.09. The van der Waals surface area contributed by atoms with Crippen molar-refractivity contribution in [3.63, 3.8) is 0 Å². The van der Waals surface area contributed by atoms with E-state index in [2.05, 4.69) is 5.32 Å². The van der Waals surface area contributed by atoms with Crippen molar-refractivity contribution in [1.82, 2.24) is 5.32 Å². The summed E-state index contributed by atoms with van der Waals surface area (Å²) < 4.78 is 0. The predicted molar refractivity (Wildman–Crippen MR) is 59.0 cm³/mol. The number of nitrogens with one attached hydrogen (secondary N) is 1. The van der Waals surface area contributed by atoms with Crippen molar-refractivity contribution in [3.05, 3.63) is 0 Å². The molecule has 0 aromatic rings. The predicted octanol–water partition coefficient (Wildman–Crippen LogP) is 2.23. The van der Waals surface area contributed by atoms with Crippen LogP contribution in [0.4, 0.5) is 0 Å². The summed E-state index contributed by atoms with van der Waals surface area (Å²) in [6.45, 7) is 2.37. The number of carbonyl (C=O) groups excluding carboxylic acids is 1. The van der Waals surface area contributed by atoms with Crippen molar-refractivity contribution in [3.8, 4) is 6.07 Å². The maximum absolute atomic E-state index is 11.3. The van der Waals surface area contributed by atoms with Gasteiger partial charge in [-0.1, -0.05) is 32.1 Å². The van der Waals surface area contributed by atoms with Crippen molar-refractivity contribution in [2.75, 3.05) is 6.54 Å². The van der Waals surface area contributed by atoms with Gasteiger partial charge in [0.15, 0.2) is 0 Å². The van der Waals surface area contributed by atoms with Gasteiger partial charge in [0.2, 0.25) is 5.91 Å². The zero-order chi connectivity index (χ0) is 11.1. The highest BCUT2D eigenvalue weighted by Crippen LogP contribution is 2.25. The molecule has 84 valence electrons. The molecule has 0 heterocycles. The minimum atomic E-state index is -0.517. The van der Waals surface area contributed by atoms with Gasteiger partial charge in [-0.05, 0) is 19.3 Å². The van der Waals surface area contributed by atoms with E-state index >= 15 is 0 Å². The molecular weight excluding hydrogens is 188 g/mol. The van der Waals surface area contributed by atoms with Crippen LogP contribution in [-0.4, -0.2) is 12.5 Å². The van der Waals surface area contributed by atoms with Crippen LogP contribution >= 0.6 is 0 Å². The van der Waals surface area contributed by atoms with Crippen LogP contribution < -0.4 is 5.32 Å². The number of amides is 1. The molecule has 0 saturated heterocycles. The summed E-state index contributed by atoms with van der Waals surface area (Å²) in [6.07, 6.45) is 7.74. The second-order valence-corrected chi connectivity index (χ2v) is 4.43. The molecule has 1 aliphatic carbocycles. The van der Waals surface area contributed by atoms with Crippen LogP contribution in [0.1, 0.15) is 45.4 Å². The van der Waals surface area contributed by atoms with E-state index < -0.39 is 5.92 Å². The quantitative estimate of drug-likeness (QED) is 0.770. The van der Waals surface area contributed by atoms with E-state index in [0.29, 0.717) is 0 Å². The fourth-order valence-electron chi connectivity index (χ4n) is 2.09. The minimum Gasteiger partial charge on any atom is -0.355 e. The third kappa shape index (κ3) is 4.33. The highest BCUT2D eigenvalue weighted by Gasteiger charge is 2.14. The van der Waals surface area contributed by atoms with E-state index in [1.54, 1.807) is 6.92 Å². The summed E-state index contributed by atoms with van der Waals surface area (Å²) in [5.41, 5.74) is 0. The van der Waals surface area contributed by atoms with Crippen molar-refractivity contribution in [1.29, 1.82) is 5.26 Å². The largest absolute Gasteiger partial charge is 0.355 e. The topological polar surface area (TPSA) is 52.9 Å². The molecule has 3 nitrogen and oxygen atoms in total. The molecule has 1 unspecified atom stereocenters. The third-order valence-corrected chi connectivity index (χ3v) is 3.16. The summed E-state index contributed by atoms with van der Waals surface area (Å²) in [6, 6.07) is 1.94. The van der Waals surface area contributed by atoms with Gasteiger partial charge in [-0.15, -0.1) is 0 Å². The van der Waals surface area contributed by atoms with Gasteiger partial charge in [-0.3, -0.25) is 4.79 Å². The molecule has 0 bridgehead atoms. The monoisotopic (exact) mass is 208 g/mol. The Labute approximate surface area is 91.9 Å². The van der Waals surface area contributed by atoms with Gasteiger partial charge in [0.1, 0.15) is 5.92 Å². The fraction of sp³-hybridized carbons (Fsp3) is 0.833. The van der Waals surface area contributed by atoms with E-state index in [4.69, 9.17) is 5.26 Å². The average Bonchev–Trinajstić information content (AvgIpc) is 2.29. The lowest BCUT2D eigenvalue weighted by atomic mass is 9.87. The molecule has 15 heavy (non-hydrogen) atoms. The normalized spacial score (nSPS) is 19.2.